The molecule has 0 unspecified atom stereocenters. The Morgan fingerprint density at radius 3 is 2.33 bits per heavy atom. The molecule has 0 saturated heterocycles. The average molecular weight is 210 g/mol. The highest BCUT2D eigenvalue weighted by Crippen LogP contribution is 2.36. The van der Waals surface area contributed by atoms with Gasteiger partial charge in [-0.2, -0.15) is 0 Å². The SMILES string of the molecule is [Si].c1ccc2c(c1)COc1ccccc1-2. The van der Waals surface area contributed by atoms with Crippen molar-refractivity contribution in [2.24, 2.45) is 0 Å². The lowest BCUT2D eigenvalue weighted by Gasteiger charge is -2.20. The predicted octanol–water partition coefficient (Wildman–Crippen LogP) is 2.87. The Bertz CT molecular complexity index is 434. The molecule has 0 spiro atoms. The van der Waals surface area contributed by atoms with E-state index in [9.17, 15) is 0 Å². The summed E-state index contributed by atoms with van der Waals surface area (Å²) in [7, 11) is 0. The van der Waals surface area contributed by atoms with Gasteiger partial charge in [0.1, 0.15) is 12.4 Å². The molecule has 1 heterocycles. The number of hydrogen-bond acceptors (Lipinski definition) is 1. The van der Waals surface area contributed by atoms with E-state index in [0.29, 0.717) is 6.61 Å². The molecule has 0 aromatic heterocycles. The van der Waals surface area contributed by atoms with E-state index in [0.717, 1.165) is 5.75 Å². The van der Waals surface area contributed by atoms with E-state index in [4.69, 9.17) is 4.74 Å². The normalized spacial score (nSPS) is 11.7. The fraction of sp³-hybridized carbons (Fsp3) is 0.0769. The number of fused-ring (bicyclic) bond motifs is 3. The van der Waals surface area contributed by atoms with Crippen LogP contribution in [0.3, 0.4) is 0 Å². The lowest BCUT2D eigenvalue weighted by Crippen LogP contribution is -2.04. The Hall–Kier alpha value is -1.54. The molecule has 0 amide bonds. The van der Waals surface area contributed by atoms with Crippen LogP contribution in [0.15, 0.2) is 48.5 Å². The van der Waals surface area contributed by atoms with Crippen LogP contribution in [0.1, 0.15) is 5.56 Å². The summed E-state index contributed by atoms with van der Waals surface area (Å²) in [6, 6.07) is 16.6. The van der Waals surface area contributed by atoms with E-state index >= 15 is 0 Å². The Labute approximate surface area is 93.7 Å². The van der Waals surface area contributed by atoms with E-state index in [1.165, 1.54) is 16.7 Å². The topological polar surface area (TPSA) is 9.23 Å². The number of benzene rings is 2. The van der Waals surface area contributed by atoms with E-state index in [1.807, 2.05) is 18.2 Å². The van der Waals surface area contributed by atoms with Crippen LogP contribution < -0.4 is 4.74 Å². The van der Waals surface area contributed by atoms with E-state index in [2.05, 4.69) is 30.3 Å². The Morgan fingerprint density at radius 1 is 0.800 bits per heavy atom. The van der Waals surface area contributed by atoms with Crippen molar-refractivity contribution in [1.82, 2.24) is 0 Å². The first kappa shape index (κ1) is 9.99. The van der Waals surface area contributed by atoms with Gasteiger partial charge >= 0.3 is 0 Å². The lowest BCUT2D eigenvalue weighted by molar-refractivity contribution is 0.302. The van der Waals surface area contributed by atoms with Crippen molar-refractivity contribution >= 4 is 11.0 Å². The minimum Gasteiger partial charge on any atom is -0.488 e. The third-order valence-corrected chi connectivity index (χ3v) is 2.58. The minimum absolute atomic E-state index is 0. The van der Waals surface area contributed by atoms with Crippen LogP contribution in [0.5, 0.6) is 5.75 Å². The molecular weight excluding hydrogens is 200 g/mol. The maximum atomic E-state index is 5.65. The first-order chi connectivity index (χ1) is 6.95. The van der Waals surface area contributed by atoms with Gasteiger partial charge in [0, 0.05) is 16.5 Å². The minimum atomic E-state index is 0. The molecule has 72 valence electrons. The quantitative estimate of drug-likeness (QED) is 0.608. The van der Waals surface area contributed by atoms with Crippen molar-refractivity contribution in [3.63, 3.8) is 0 Å². The van der Waals surface area contributed by atoms with Crippen LogP contribution in [-0.4, -0.2) is 11.0 Å². The van der Waals surface area contributed by atoms with Crippen molar-refractivity contribution in [3.8, 4) is 16.9 Å². The van der Waals surface area contributed by atoms with E-state index in [1.54, 1.807) is 0 Å². The molecule has 15 heavy (non-hydrogen) atoms. The fourth-order valence-corrected chi connectivity index (χ4v) is 1.88. The largest absolute Gasteiger partial charge is 0.488 e. The van der Waals surface area contributed by atoms with Crippen LogP contribution in [0.4, 0.5) is 0 Å². The molecule has 0 N–H and O–H groups in total. The van der Waals surface area contributed by atoms with E-state index < -0.39 is 0 Å². The summed E-state index contributed by atoms with van der Waals surface area (Å²) in [5.41, 5.74) is 3.77. The van der Waals surface area contributed by atoms with Crippen molar-refractivity contribution in [1.29, 1.82) is 0 Å². The lowest BCUT2D eigenvalue weighted by atomic mass is 9.97. The molecule has 0 aliphatic carbocycles. The number of ether oxygens (including phenoxy) is 1. The summed E-state index contributed by atoms with van der Waals surface area (Å²) >= 11 is 0. The second-order valence-corrected chi connectivity index (χ2v) is 3.44. The van der Waals surface area contributed by atoms with Gasteiger partial charge in [0.25, 0.3) is 0 Å². The van der Waals surface area contributed by atoms with Gasteiger partial charge in [-0.05, 0) is 17.2 Å². The average Bonchev–Trinajstić information content (AvgIpc) is 2.29. The fourth-order valence-electron chi connectivity index (χ4n) is 1.88. The van der Waals surface area contributed by atoms with Crippen LogP contribution in [0.25, 0.3) is 11.1 Å². The smallest absolute Gasteiger partial charge is 0.127 e. The third-order valence-electron chi connectivity index (χ3n) is 2.58. The van der Waals surface area contributed by atoms with Gasteiger partial charge in [-0.3, -0.25) is 0 Å². The number of rotatable bonds is 0. The molecule has 0 bridgehead atoms. The molecule has 2 aromatic carbocycles. The van der Waals surface area contributed by atoms with Gasteiger partial charge < -0.3 is 4.74 Å². The summed E-state index contributed by atoms with van der Waals surface area (Å²) in [6.07, 6.45) is 0. The van der Waals surface area contributed by atoms with Gasteiger partial charge in [-0.25, -0.2) is 0 Å². The molecule has 3 rings (SSSR count). The monoisotopic (exact) mass is 210 g/mol. The Kier molecular flexibility index (Phi) is 2.60. The second kappa shape index (κ2) is 3.91. The highest BCUT2D eigenvalue weighted by Gasteiger charge is 2.14. The number of para-hydroxylation sites is 1. The Morgan fingerprint density at radius 2 is 1.47 bits per heavy atom. The molecule has 2 heteroatoms. The maximum absolute atomic E-state index is 5.65. The summed E-state index contributed by atoms with van der Waals surface area (Å²) in [4.78, 5) is 0. The first-order valence-electron chi connectivity index (χ1n) is 4.75. The van der Waals surface area contributed by atoms with Crippen LogP contribution >= 0.6 is 0 Å². The zero-order valence-electron chi connectivity index (χ0n) is 8.23. The summed E-state index contributed by atoms with van der Waals surface area (Å²) in [6.45, 7) is 0.688. The Balaban J connectivity index is 0.000000853. The standard InChI is InChI=1S/C13H10O.Si/c1-2-6-11-10(5-1)9-14-13-8-4-3-7-12(11)13;/h1-8H,9H2;. The second-order valence-electron chi connectivity index (χ2n) is 3.44. The zero-order valence-corrected chi connectivity index (χ0v) is 9.23. The van der Waals surface area contributed by atoms with Gasteiger partial charge in [0.2, 0.25) is 0 Å². The highest BCUT2D eigenvalue weighted by atomic mass is 28.1. The van der Waals surface area contributed by atoms with Gasteiger partial charge in [-0.1, -0.05) is 42.5 Å². The molecule has 4 radical (unpaired) electrons. The first-order valence-corrected chi connectivity index (χ1v) is 4.75. The zero-order chi connectivity index (χ0) is 9.38. The summed E-state index contributed by atoms with van der Waals surface area (Å²) < 4.78 is 5.65. The highest BCUT2D eigenvalue weighted by molar-refractivity contribution is 5.75. The molecule has 1 aliphatic heterocycles. The van der Waals surface area contributed by atoms with E-state index in [-0.39, 0.29) is 11.0 Å². The summed E-state index contributed by atoms with van der Waals surface area (Å²) in [5.74, 6) is 0.992. The van der Waals surface area contributed by atoms with Crippen LogP contribution in [0.2, 0.25) is 0 Å². The van der Waals surface area contributed by atoms with Gasteiger partial charge in [0.15, 0.2) is 0 Å². The van der Waals surface area contributed by atoms with Crippen molar-refractivity contribution < 1.29 is 4.74 Å². The molecule has 1 nitrogen and oxygen atoms in total. The molecule has 0 atom stereocenters. The molecular formula is C13H10OSi. The summed E-state index contributed by atoms with van der Waals surface area (Å²) in [5, 5.41) is 0. The maximum Gasteiger partial charge on any atom is 0.127 e. The molecule has 0 saturated carbocycles. The molecule has 1 aliphatic rings. The van der Waals surface area contributed by atoms with Gasteiger partial charge in [0.05, 0.1) is 0 Å². The predicted molar refractivity (Wildman–Crippen MR) is 62.0 cm³/mol. The molecule has 2 aromatic rings. The molecule has 0 fully saturated rings. The third kappa shape index (κ3) is 1.57. The van der Waals surface area contributed by atoms with Gasteiger partial charge in [-0.15, -0.1) is 0 Å². The number of hydrogen-bond donors (Lipinski definition) is 0. The van der Waals surface area contributed by atoms with Crippen LogP contribution in [-0.2, 0) is 6.61 Å². The van der Waals surface area contributed by atoms with Crippen molar-refractivity contribution in [2.45, 2.75) is 6.61 Å². The van der Waals surface area contributed by atoms with Crippen molar-refractivity contribution in [2.75, 3.05) is 0 Å². The van der Waals surface area contributed by atoms with Crippen molar-refractivity contribution in [3.05, 3.63) is 54.1 Å². The van der Waals surface area contributed by atoms with Crippen LogP contribution in [0, 0.1) is 0 Å².